The second-order valence-corrected chi connectivity index (χ2v) is 5.84. The summed E-state index contributed by atoms with van der Waals surface area (Å²) in [6.07, 6.45) is 12.5. The van der Waals surface area contributed by atoms with Crippen LogP contribution in [0.1, 0.15) is 38.5 Å². The molecular weight excluding hydrogens is 198 g/mol. The van der Waals surface area contributed by atoms with Crippen molar-refractivity contribution in [2.24, 2.45) is 17.8 Å². The third-order valence-electron chi connectivity index (χ3n) is 4.93. The van der Waals surface area contributed by atoms with E-state index in [4.69, 9.17) is 0 Å². The molecule has 2 N–H and O–H groups in total. The molecule has 0 aromatic carbocycles. The zero-order chi connectivity index (χ0) is 11.0. The SMILES string of the molecule is OCC1CCCCC1NC1CC2CC=CC21. The topological polar surface area (TPSA) is 32.3 Å². The number of hydrogen-bond acceptors (Lipinski definition) is 2. The molecule has 0 amide bonds. The summed E-state index contributed by atoms with van der Waals surface area (Å²) < 4.78 is 0. The van der Waals surface area contributed by atoms with Crippen LogP contribution in [0.3, 0.4) is 0 Å². The molecule has 0 aromatic rings. The molecule has 0 aromatic heterocycles. The van der Waals surface area contributed by atoms with Gasteiger partial charge in [-0.2, -0.15) is 0 Å². The van der Waals surface area contributed by atoms with Crippen molar-refractivity contribution in [1.82, 2.24) is 5.32 Å². The predicted molar refractivity (Wildman–Crippen MR) is 65.1 cm³/mol. The van der Waals surface area contributed by atoms with E-state index in [1.54, 1.807) is 0 Å². The molecule has 2 heteroatoms. The van der Waals surface area contributed by atoms with Gasteiger partial charge in [0.1, 0.15) is 0 Å². The van der Waals surface area contributed by atoms with Gasteiger partial charge in [0.25, 0.3) is 0 Å². The molecule has 2 fully saturated rings. The highest BCUT2D eigenvalue weighted by molar-refractivity contribution is 5.13. The Labute approximate surface area is 98.1 Å². The van der Waals surface area contributed by atoms with Crippen molar-refractivity contribution >= 4 is 0 Å². The maximum Gasteiger partial charge on any atom is 0.0474 e. The van der Waals surface area contributed by atoms with Crippen molar-refractivity contribution in [3.63, 3.8) is 0 Å². The molecule has 2 nitrogen and oxygen atoms in total. The average molecular weight is 221 g/mol. The second-order valence-electron chi connectivity index (χ2n) is 5.84. The average Bonchev–Trinajstić information content (AvgIpc) is 2.68. The summed E-state index contributed by atoms with van der Waals surface area (Å²) in [6, 6.07) is 1.29. The van der Waals surface area contributed by atoms with Crippen LogP contribution in [0.15, 0.2) is 12.2 Å². The molecule has 16 heavy (non-hydrogen) atoms. The summed E-state index contributed by atoms with van der Waals surface area (Å²) in [4.78, 5) is 0. The number of rotatable bonds is 3. The lowest BCUT2D eigenvalue weighted by atomic mass is 9.70. The molecule has 0 bridgehead atoms. The number of hydrogen-bond donors (Lipinski definition) is 2. The first kappa shape index (κ1) is 10.8. The van der Waals surface area contributed by atoms with E-state index in [0.29, 0.717) is 24.6 Å². The third kappa shape index (κ3) is 1.82. The lowest BCUT2D eigenvalue weighted by Gasteiger charge is -2.45. The highest BCUT2D eigenvalue weighted by Crippen LogP contribution is 2.43. The fourth-order valence-corrected chi connectivity index (χ4v) is 3.83. The predicted octanol–water partition coefficient (Wildman–Crippen LogP) is 2.09. The molecule has 5 atom stereocenters. The molecular formula is C14H23NO. The molecule has 0 heterocycles. The fraction of sp³-hybridized carbons (Fsp3) is 0.857. The summed E-state index contributed by atoms with van der Waals surface area (Å²) in [5, 5.41) is 13.2. The van der Waals surface area contributed by atoms with Gasteiger partial charge in [0.05, 0.1) is 0 Å². The first-order chi connectivity index (χ1) is 7.88. The molecule has 0 spiro atoms. The maximum absolute atomic E-state index is 9.40. The van der Waals surface area contributed by atoms with Crippen LogP contribution in [-0.4, -0.2) is 23.8 Å². The van der Waals surface area contributed by atoms with E-state index in [-0.39, 0.29) is 0 Å². The molecule has 90 valence electrons. The Morgan fingerprint density at radius 1 is 1.19 bits per heavy atom. The van der Waals surface area contributed by atoms with Crippen LogP contribution < -0.4 is 5.32 Å². The Morgan fingerprint density at radius 3 is 2.88 bits per heavy atom. The van der Waals surface area contributed by atoms with E-state index in [1.165, 1.54) is 38.5 Å². The quantitative estimate of drug-likeness (QED) is 0.715. The Morgan fingerprint density at radius 2 is 2.06 bits per heavy atom. The van der Waals surface area contributed by atoms with E-state index in [0.717, 1.165) is 11.8 Å². The van der Waals surface area contributed by atoms with Crippen molar-refractivity contribution in [3.05, 3.63) is 12.2 Å². The number of aliphatic hydroxyl groups is 1. The van der Waals surface area contributed by atoms with Crippen LogP contribution in [0.25, 0.3) is 0 Å². The van der Waals surface area contributed by atoms with Crippen LogP contribution in [0.5, 0.6) is 0 Å². The minimum atomic E-state index is 0.369. The van der Waals surface area contributed by atoms with Gasteiger partial charge in [0.15, 0.2) is 0 Å². The van der Waals surface area contributed by atoms with Gasteiger partial charge in [-0.15, -0.1) is 0 Å². The minimum absolute atomic E-state index is 0.369. The van der Waals surface area contributed by atoms with Crippen LogP contribution in [0.4, 0.5) is 0 Å². The van der Waals surface area contributed by atoms with Crippen molar-refractivity contribution in [2.45, 2.75) is 50.6 Å². The normalized spacial score (nSPS) is 46.4. The van der Waals surface area contributed by atoms with Gasteiger partial charge in [0, 0.05) is 18.7 Å². The molecule has 0 aliphatic heterocycles. The lowest BCUT2D eigenvalue weighted by molar-refractivity contribution is 0.0969. The van der Waals surface area contributed by atoms with E-state index >= 15 is 0 Å². The number of nitrogens with one attached hydrogen (secondary N) is 1. The number of fused-ring (bicyclic) bond motifs is 1. The van der Waals surface area contributed by atoms with Crippen molar-refractivity contribution in [1.29, 1.82) is 0 Å². The summed E-state index contributed by atoms with van der Waals surface area (Å²) in [7, 11) is 0. The standard InChI is InChI=1S/C14H23NO/c16-9-11-4-1-2-7-13(11)15-14-8-10-5-3-6-12(10)14/h3,6,10-16H,1-2,4-5,7-9H2. The van der Waals surface area contributed by atoms with Crippen molar-refractivity contribution in [2.75, 3.05) is 6.61 Å². The van der Waals surface area contributed by atoms with Crippen LogP contribution in [0, 0.1) is 17.8 Å². The van der Waals surface area contributed by atoms with Crippen LogP contribution in [0.2, 0.25) is 0 Å². The number of allylic oxidation sites excluding steroid dienone is 1. The highest BCUT2D eigenvalue weighted by Gasteiger charge is 2.42. The Balaban J connectivity index is 1.55. The zero-order valence-electron chi connectivity index (χ0n) is 9.94. The van der Waals surface area contributed by atoms with Crippen molar-refractivity contribution in [3.8, 4) is 0 Å². The van der Waals surface area contributed by atoms with E-state index in [2.05, 4.69) is 17.5 Å². The Kier molecular flexibility index (Phi) is 3.03. The van der Waals surface area contributed by atoms with Gasteiger partial charge in [-0.1, -0.05) is 25.0 Å². The van der Waals surface area contributed by atoms with Crippen LogP contribution >= 0.6 is 0 Å². The second kappa shape index (κ2) is 4.50. The van der Waals surface area contributed by atoms with Gasteiger partial charge in [-0.25, -0.2) is 0 Å². The largest absolute Gasteiger partial charge is 0.396 e. The molecule has 3 aliphatic rings. The summed E-state index contributed by atoms with van der Waals surface area (Å²) in [5.74, 6) is 2.26. The lowest BCUT2D eigenvalue weighted by Crippen LogP contribution is -2.54. The monoisotopic (exact) mass is 221 g/mol. The Hall–Kier alpha value is -0.340. The molecule has 0 radical (unpaired) electrons. The maximum atomic E-state index is 9.40. The molecule has 0 saturated heterocycles. The van der Waals surface area contributed by atoms with Gasteiger partial charge >= 0.3 is 0 Å². The number of aliphatic hydroxyl groups excluding tert-OH is 1. The Bertz CT molecular complexity index is 276. The van der Waals surface area contributed by atoms with E-state index in [9.17, 15) is 5.11 Å². The van der Waals surface area contributed by atoms with Crippen LogP contribution in [-0.2, 0) is 0 Å². The summed E-state index contributed by atoms with van der Waals surface area (Å²) in [6.45, 7) is 0.369. The third-order valence-corrected chi connectivity index (χ3v) is 4.93. The molecule has 3 rings (SSSR count). The minimum Gasteiger partial charge on any atom is -0.396 e. The smallest absolute Gasteiger partial charge is 0.0474 e. The fourth-order valence-electron chi connectivity index (χ4n) is 3.83. The van der Waals surface area contributed by atoms with Gasteiger partial charge in [-0.05, 0) is 43.4 Å². The van der Waals surface area contributed by atoms with Gasteiger partial charge in [0.2, 0.25) is 0 Å². The first-order valence-corrected chi connectivity index (χ1v) is 6.92. The highest BCUT2D eigenvalue weighted by atomic mass is 16.3. The first-order valence-electron chi connectivity index (χ1n) is 6.92. The van der Waals surface area contributed by atoms with Crippen molar-refractivity contribution < 1.29 is 5.11 Å². The van der Waals surface area contributed by atoms with Gasteiger partial charge in [-0.3, -0.25) is 0 Å². The summed E-state index contributed by atoms with van der Waals surface area (Å²) in [5.41, 5.74) is 0. The molecule has 2 saturated carbocycles. The summed E-state index contributed by atoms with van der Waals surface area (Å²) >= 11 is 0. The van der Waals surface area contributed by atoms with E-state index in [1.807, 2.05) is 0 Å². The van der Waals surface area contributed by atoms with E-state index < -0.39 is 0 Å². The molecule has 3 aliphatic carbocycles. The van der Waals surface area contributed by atoms with Gasteiger partial charge < -0.3 is 10.4 Å². The zero-order valence-corrected chi connectivity index (χ0v) is 9.94. The molecule has 5 unspecified atom stereocenters.